The SMILES string of the molecule is Clc1ccc(-c2cc(-c3ccccc3-c3ccccc3)nc(-c3ccccc3)n2)nc1. The highest BCUT2D eigenvalue weighted by molar-refractivity contribution is 6.30. The number of halogens is 1. The molecule has 0 saturated carbocycles. The van der Waals surface area contributed by atoms with E-state index in [1.165, 1.54) is 0 Å². The van der Waals surface area contributed by atoms with E-state index in [4.69, 9.17) is 21.6 Å². The zero-order valence-corrected chi connectivity index (χ0v) is 17.4. The Hall–Kier alpha value is -3.82. The first-order chi connectivity index (χ1) is 15.3. The van der Waals surface area contributed by atoms with Crippen LogP contribution in [0.25, 0.3) is 45.2 Å². The third-order valence-corrected chi connectivity index (χ3v) is 5.26. The summed E-state index contributed by atoms with van der Waals surface area (Å²) in [4.78, 5) is 14.2. The van der Waals surface area contributed by atoms with Gasteiger partial charge in [0.2, 0.25) is 0 Å². The van der Waals surface area contributed by atoms with Crippen LogP contribution in [-0.2, 0) is 0 Å². The van der Waals surface area contributed by atoms with Gasteiger partial charge in [-0.2, -0.15) is 0 Å². The normalized spacial score (nSPS) is 10.7. The van der Waals surface area contributed by atoms with E-state index in [0.717, 1.165) is 39.3 Å². The van der Waals surface area contributed by atoms with Crippen molar-refractivity contribution < 1.29 is 0 Å². The third kappa shape index (κ3) is 4.09. The maximum atomic E-state index is 6.05. The van der Waals surface area contributed by atoms with Crippen LogP contribution in [0.3, 0.4) is 0 Å². The summed E-state index contributed by atoms with van der Waals surface area (Å²) in [5.41, 5.74) is 6.62. The Morgan fingerprint density at radius 2 is 1.13 bits per heavy atom. The minimum atomic E-state index is 0.593. The molecule has 0 bridgehead atoms. The zero-order chi connectivity index (χ0) is 21.0. The summed E-state index contributed by atoms with van der Waals surface area (Å²) in [6.45, 7) is 0. The first-order valence-electron chi connectivity index (χ1n) is 9.99. The molecule has 4 heteroatoms. The molecule has 0 aliphatic heterocycles. The number of nitrogens with zero attached hydrogens (tertiary/aromatic N) is 3. The summed E-state index contributed by atoms with van der Waals surface area (Å²) in [6.07, 6.45) is 1.64. The quantitative estimate of drug-likeness (QED) is 0.309. The summed E-state index contributed by atoms with van der Waals surface area (Å²) >= 11 is 6.05. The molecule has 148 valence electrons. The number of hydrogen-bond donors (Lipinski definition) is 0. The van der Waals surface area contributed by atoms with E-state index in [0.29, 0.717) is 10.8 Å². The Kier molecular flexibility index (Phi) is 5.26. The molecule has 0 saturated heterocycles. The van der Waals surface area contributed by atoms with Gasteiger partial charge in [-0.25, -0.2) is 9.97 Å². The molecule has 5 rings (SSSR count). The Bertz CT molecular complexity index is 1320. The smallest absolute Gasteiger partial charge is 0.160 e. The molecule has 0 unspecified atom stereocenters. The van der Waals surface area contributed by atoms with Crippen molar-refractivity contribution in [1.29, 1.82) is 0 Å². The lowest BCUT2D eigenvalue weighted by Crippen LogP contribution is -1.97. The van der Waals surface area contributed by atoms with Crippen molar-refractivity contribution in [3.63, 3.8) is 0 Å². The number of hydrogen-bond acceptors (Lipinski definition) is 3. The molecule has 0 aliphatic rings. The Labute approximate surface area is 186 Å². The van der Waals surface area contributed by atoms with Crippen molar-refractivity contribution in [2.24, 2.45) is 0 Å². The van der Waals surface area contributed by atoms with Crippen molar-refractivity contribution in [3.8, 4) is 45.2 Å². The van der Waals surface area contributed by atoms with Crippen molar-refractivity contribution in [3.05, 3.63) is 114 Å². The molecule has 0 N–H and O–H groups in total. The van der Waals surface area contributed by atoms with Crippen molar-refractivity contribution in [2.75, 3.05) is 0 Å². The molecule has 0 radical (unpaired) electrons. The van der Waals surface area contributed by atoms with Gasteiger partial charge in [-0.05, 0) is 29.3 Å². The van der Waals surface area contributed by atoms with Crippen LogP contribution in [0.4, 0.5) is 0 Å². The first-order valence-corrected chi connectivity index (χ1v) is 10.4. The summed E-state index contributed by atoms with van der Waals surface area (Å²) in [7, 11) is 0. The second-order valence-corrected chi connectivity index (χ2v) is 7.54. The van der Waals surface area contributed by atoms with Crippen LogP contribution in [0.15, 0.2) is 109 Å². The number of benzene rings is 3. The minimum absolute atomic E-state index is 0.593. The largest absolute Gasteiger partial charge is 0.253 e. The van der Waals surface area contributed by atoms with E-state index in [-0.39, 0.29) is 0 Å². The van der Waals surface area contributed by atoms with Gasteiger partial charge in [-0.3, -0.25) is 4.98 Å². The molecule has 3 aromatic carbocycles. The van der Waals surface area contributed by atoms with E-state index in [1.54, 1.807) is 6.20 Å². The average Bonchev–Trinajstić information content (AvgIpc) is 2.85. The van der Waals surface area contributed by atoms with E-state index >= 15 is 0 Å². The van der Waals surface area contributed by atoms with Gasteiger partial charge in [-0.1, -0.05) is 96.5 Å². The van der Waals surface area contributed by atoms with Crippen LogP contribution in [0.1, 0.15) is 0 Å². The fourth-order valence-corrected chi connectivity index (χ4v) is 3.65. The summed E-state index contributed by atoms with van der Waals surface area (Å²) in [5, 5.41) is 0.593. The lowest BCUT2D eigenvalue weighted by atomic mass is 9.97. The summed E-state index contributed by atoms with van der Waals surface area (Å²) < 4.78 is 0. The molecule has 5 aromatic rings. The van der Waals surface area contributed by atoms with Gasteiger partial charge in [0.05, 0.1) is 22.1 Å². The average molecular weight is 420 g/mol. The highest BCUT2D eigenvalue weighted by Crippen LogP contribution is 2.33. The molecule has 0 atom stereocenters. The molecule has 2 heterocycles. The van der Waals surface area contributed by atoms with E-state index in [2.05, 4.69) is 29.2 Å². The maximum absolute atomic E-state index is 6.05. The fraction of sp³-hybridized carbons (Fsp3) is 0. The molecule has 2 aromatic heterocycles. The van der Waals surface area contributed by atoms with Crippen LogP contribution < -0.4 is 0 Å². The van der Waals surface area contributed by atoms with Gasteiger partial charge >= 0.3 is 0 Å². The van der Waals surface area contributed by atoms with Crippen LogP contribution in [-0.4, -0.2) is 15.0 Å². The van der Waals surface area contributed by atoms with Gasteiger partial charge in [0, 0.05) is 17.3 Å². The van der Waals surface area contributed by atoms with Gasteiger partial charge in [0.1, 0.15) is 0 Å². The minimum Gasteiger partial charge on any atom is -0.253 e. The third-order valence-electron chi connectivity index (χ3n) is 5.04. The second-order valence-electron chi connectivity index (χ2n) is 7.10. The monoisotopic (exact) mass is 419 g/mol. The number of aromatic nitrogens is 3. The maximum Gasteiger partial charge on any atom is 0.160 e. The molecule has 0 fully saturated rings. The first kappa shape index (κ1) is 19.2. The van der Waals surface area contributed by atoms with Gasteiger partial charge < -0.3 is 0 Å². The fourth-order valence-electron chi connectivity index (χ4n) is 3.54. The van der Waals surface area contributed by atoms with E-state index in [9.17, 15) is 0 Å². The molecular weight excluding hydrogens is 402 g/mol. The summed E-state index contributed by atoms with van der Waals surface area (Å²) in [6, 6.07) is 34.3. The Balaban J connectivity index is 1.73. The molecule has 0 spiro atoms. The standard InChI is InChI=1S/C27H18ClN3/c28-21-15-16-24(29-18-21)26-17-25(30-27(31-26)20-11-5-2-6-12-20)23-14-8-7-13-22(23)19-9-3-1-4-10-19/h1-18H. The van der Waals surface area contributed by atoms with Crippen LogP contribution in [0.5, 0.6) is 0 Å². The van der Waals surface area contributed by atoms with Gasteiger partial charge in [-0.15, -0.1) is 0 Å². The van der Waals surface area contributed by atoms with Crippen LogP contribution >= 0.6 is 11.6 Å². The summed E-state index contributed by atoms with van der Waals surface area (Å²) in [5.74, 6) is 0.660. The molecule has 0 amide bonds. The van der Waals surface area contributed by atoms with Crippen LogP contribution in [0, 0.1) is 0 Å². The Morgan fingerprint density at radius 3 is 1.81 bits per heavy atom. The van der Waals surface area contributed by atoms with Crippen molar-refractivity contribution in [1.82, 2.24) is 15.0 Å². The molecular formula is C27H18ClN3. The zero-order valence-electron chi connectivity index (χ0n) is 16.6. The second kappa shape index (κ2) is 8.50. The Morgan fingerprint density at radius 1 is 0.516 bits per heavy atom. The number of rotatable bonds is 4. The van der Waals surface area contributed by atoms with E-state index in [1.807, 2.05) is 78.9 Å². The van der Waals surface area contributed by atoms with Gasteiger partial charge in [0.25, 0.3) is 0 Å². The lowest BCUT2D eigenvalue weighted by molar-refractivity contribution is 1.16. The highest BCUT2D eigenvalue weighted by Gasteiger charge is 2.14. The van der Waals surface area contributed by atoms with Crippen molar-refractivity contribution >= 4 is 11.6 Å². The van der Waals surface area contributed by atoms with Crippen molar-refractivity contribution in [2.45, 2.75) is 0 Å². The predicted molar refractivity (Wildman–Crippen MR) is 127 cm³/mol. The number of pyridine rings is 1. The predicted octanol–water partition coefficient (Wildman–Crippen LogP) is 7.19. The van der Waals surface area contributed by atoms with E-state index < -0.39 is 0 Å². The highest BCUT2D eigenvalue weighted by atomic mass is 35.5. The van der Waals surface area contributed by atoms with Crippen LogP contribution in [0.2, 0.25) is 5.02 Å². The molecule has 31 heavy (non-hydrogen) atoms. The topological polar surface area (TPSA) is 38.7 Å². The molecule has 3 nitrogen and oxygen atoms in total. The van der Waals surface area contributed by atoms with Gasteiger partial charge in [0.15, 0.2) is 5.82 Å². The molecule has 0 aliphatic carbocycles. The lowest BCUT2D eigenvalue weighted by Gasteiger charge is -2.12.